The first-order valence-electron chi connectivity index (χ1n) is 7.69. The van der Waals surface area contributed by atoms with Crippen molar-refractivity contribution < 1.29 is 4.79 Å². The number of hydrogen-bond donors (Lipinski definition) is 1. The van der Waals surface area contributed by atoms with Crippen LogP contribution in [0.5, 0.6) is 0 Å². The van der Waals surface area contributed by atoms with Crippen LogP contribution in [0.25, 0.3) is 10.2 Å². The molecular weight excluding hydrogens is 282 g/mol. The standard InChI is InChI=1S/C16H19N3OS/c1-8-12-9(2)18-14(11-5-6-11)19-16(12)21-13(8)15(20)17-7-10-3-4-10/h10-11H,3-7H2,1-2H3,(H,17,20). The predicted molar refractivity (Wildman–Crippen MR) is 83.9 cm³/mol. The molecule has 0 atom stereocenters. The van der Waals surface area contributed by atoms with Gasteiger partial charge in [-0.1, -0.05) is 0 Å². The highest BCUT2D eigenvalue weighted by Gasteiger charge is 2.29. The first-order valence-corrected chi connectivity index (χ1v) is 8.51. The first-order chi connectivity index (χ1) is 10.1. The summed E-state index contributed by atoms with van der Waals surface area (Å²) in [5.74, 6) is 2.26. The van der Waals surface area contributed by atoms with Gasteiger partial charge in [-0.3, -0.25) is 4.79 Å². The number of amides is 1. The van der Waals surface area contributed by atoms with E-state index in [1.54, 1.807) is 0 Å². The molecule has 5 heteroatoms. The molecule has 0 radical (unpaired) electrons. The number of nitrogens with one attached hydrogen (secondary N) is 1. The lowest BCUT2D eigenvalue weighted by atomic mass is 10.1. The topological polar surface area (TPSA) is 54.9 Å². The maximum Gasteiger partial charge on any atom is 0.261 e. The Bertz CT molecular complexity index is 729. The Hall–Kier alpha value is -1.49. The minimum absolute atomic E-state index is 0.0507. The van der Waals surface area contributed by atoms with Gasteiger partial charge in [-0.15, -0.1) is 11.3 Å². The third kappa shape index (κ3) is 2.44. The van der Waals surface area contributed by atoms with Crippen molar-refractivity contribution in [3.63, 3.8) is 0 Å². The maximum absolute atomic E-state index is 12.4. The smallest absolute Gasteiger partial charge is 0.261 e. The number of carbonyl (C=O) groups is 1. The lowest BCUT2D eigenvalue weighted by Gasteiger charge is -2.03. The number of thiophene rings is 1. The van der Waals surface area contributed by atoms with E-state index in [0.717, 1.165) is 38.7 Å². The average molecular weight is 301 g/mol. The molecule has 1 N–H and O–H groups in total. The van der Waals surface area contributed by atoms with E-state index in [1.165, 1.54) is 37.0 Å². The molecule has 2 heterocycles. The van der Waals surface area contributed by atoms with Crippen molar-refractivity contribution in [1.29, 1.82) is 0 Å². The van der Waals surface area contributed by atoms with Crippen molar-refractivity contribution in [3.05, 3.63) is 22.0 Å². The Morgan fingerprint density at radius 1 is 1.24 bits per heavy atom. The lowest BCUT2D eigenvalue weighted by Crippen LogP contribution is -2.25. The Morgan fingerprint density at radius 3 is 2.67 bits per heavy atom. The highest BCUT2D eigenvalue weighted by atomic mass is 32.1. The molecule has 110 valence electrons. The van der Waals surface area contributed by atoms with Gasteiger partial charge in [0.15, 0.2) is 0 Å². The summed E-state index contributed by atoms with van der Waals surface area (Å²) in [6.07, 6.45) is 4.90. The monoisotopic (exact) mass is 301 g/mol. The Kier molecular flexibility index (Phi) is 2.99. The molecule has 0 aromatic carbocycles. The van der Waals surface area contributed by atoms with E-state index in [0.29, 0.717) is 11.8 Å². The van der Waals surface area contributed by atoms with Crippen molar-refractivity contribution >= 4 is 27.5 Å². The normalized spacial score (nSPS) is 18.2. The summed E-state index contributed by atoms with van der Waals surface area (Å²) in [5, 5.41) is 4.13. The highest BCUT2D eigenvalue weighted by Crippen LogP contribution is 2.40. The molecule has 2 aromatic rings. The molecule has 4 rings (SSSR count). The second-order valence-electron chi connectivity index (χ2n) is 6.33. The largest absolute Gasteiger partial charge is 0.351 e. The number of rotatable bonds is 4. The Labute approximate surface area is 128 Å². The summed E-state index contributed by atoms with van der Waals surface area (Å²) < 4.78 is 0. The summed E-state index contributed by atoms with van der Waals surface area (Å²) in [4.78, 5) is 23.5. The predicted octanol–water partition coefficient (Wildman–Crippen LogP) is 3.33. The van der Waals surface area contributed by atoms with Gasteiger partial charge in [0.25, 0.3) is 5.91 Å². The molecule has 4 nitrogen and oxygen atoms in total. The molecule has 0 aliphatic heterocycles. The minimum atomic E-state index is 0.0507. The van der Waals surface area contributed by atoms with Crippen molar-refractivity contribution in [3.8, 4) is 0 Å². The lowest BCUT2D eigenvalue weighted by molar-refractivity contribution is 0.0955. The van der Waals surface area contributed by atoms with Gasteiger partial charge in [-0.25, -0.2) is 9.97 Å². The molecule has 2 aromatic heterocycles. The van der Waals surface area contributed by atoms with Crippen LogP contribution in [0.4, 0.5) is 0 Å². The molecule has 1 amide bonds. The third-order valence-corrected chi connectivity index (χ3v) is 5.57. The first kappa shape index (κ1) is 13.2. The van der Waals surface area contributed by atoms with Crippen molar-refractivity contribution in [2.24, 2.45) is 5.92 Å². The zero-order chi connectivity index (χ0) is 14.6. The van der Waals surface area contributed by atoms with Crippen LogP contribution in [0.1, 0.15) is 58.4 Å². The number of aromatic nitrogens is 2. The van der Waals surface area contributed by atoms with Gasteiger partial charge in [0.2, 0.25) is 0 Å². The van der Waals surface area contributed by atoms with E-state index in [1.807, 2.05) is 13.8 Å². The van der Waals surface area contributed by atoms with E-state index in [4.69, 9.17) is 4.98 Å². The number of fused-ring (bicyclic) bond motifs is 1. The minimum Gasteiger partial charge on any atom is -0.351 e. The molecule has 0 spiro atoms. The van der Waals surface area contributed by atoms with Crippen LogP contribution in [-0.4, -0.2) is 22.4 Å². The van der Waals surface area contributed by atoms with Crippen LogP contribution in [0, 0.1) is 19.8 Å². The molecule has 21 heavy (non-hydrogen) atoms. The molecule has 0 saturated heterocycles. The van der Waals surface area contributed by atoms with Gasteiger partial charge in [-0.2, -0.15) is 0 Å². The van der Waals surface area contributed by atoms with Gasteiger partial charge >= 0.3 is 0 Å². The fraction of sp³-hybridized carbons (Fsp3) is 0.562. The summed E-state index contributed by atoms with van der Waals surface area (Å²) >= 11 is 1.51. The fourth-order valence-electron chi connectivity index (χ4n) is 2.74. The summed E-state index contributed by atoms with van der Waals surface area (Å²) in [6, 6.07) is 0. The zero-order valence-corrected chi connectivity index (χ0v) is 13.2. The average Bonchev–Trinajstić information content (AvgIpc) is 3.35. The molecule has 2 saturated carbocycles. The van der Waals surface area contributed by atoms with E-state index < -0.39 is 0 Å². The van der Waals surface area contributed by atoms with Crippen LogP contribution in [-0.2, 0) is 0 Å². The maximum atomic E-state index is 12.4. The van der Waals surface area contributed by atoms with Gasteiger partial charge < -0.3 is 5.32 Å². The molecule has 0 unspecified atom stereocenters. The van der Waals surface area contributed by atoms with Gasteiger partial charge in [0.1, 0.15) is 10.7 Å². The Balaban J connectivity index is 1.70. The molecule has 0 bridgehead atoms. The second-order valence-corrected chi connectivity index (χ2v) is 7.33. The molecule has 2 aliphatic rings. The quantitative estimate of drug-likeness (QED) is 0.942. The van der Waals surface area contributed by atoms with Crippen molar-refractivity contribution in [2.45, 2.75) is 45.4 Å². The number of carbonyl (C=O) groups excluding carboxylic acids is 1. The Morgan fingerprint density at radius 2 is 2.00 bits per heavy atom. The van der Waals surface area contributed by atoms with Gasteiger partial charge in [0.05, 0.1) is 10.6 Å². The summed E-state index contributed by atoms with van der Waals surface area (Å²) in [6.45, 7) is 4.85. The summed E-state index contributed by atoms with van der Waals surface area (Å²) in [5.41, 5.74) is 2.04. The molecule has 2 fully saturated rings. The van der Waals surface area contributed by atoms with Crippen molar-refractivity contribution in [1.82, 2.24) is 15.3 Å². The van der Waals surface area contributed by atoms with Crippen LogP contribution >= 0.6 is 11.3 Å². The third-order valence-electron chi connectivity index (χ3n) is 4.39. The fourth-order valence-corrected chi connectivity index (χ4v) is 3.90. The van der Waals surface area contributed by atoms with Gasteiger partial charge in [-0.05, 0) is 51.0 Å². The van der Waals surface area contributed by atoms with E-state index in [2.05, 4.69) is 10.3 Å². The van der Waals surface area contributed by atoms with Crippen molar-refractivity contribution in [2.75, 3.05) is 6.54 Å². The number of hydrogen-bond acceptors (Lipinski definition) is 4. The van der Waals surface area contributed by atoms with Crippen LogP contribution in [0.3, 0.4) is 0 Å². The highest BCUT2D eigenvalue weighted by molar-refractivity contribution is 7.20. The molecular formula is C16H19N3OS. The van der Waals surface area contributed by atoms with Crippen LogP contribution in [0.15, 0.2) is 0 Å². The zero-order valence-electron chi connectivity index (χ0n) is 12.4. The SMILES string of the molecule is Cc1nc(C2CC2)nc2sc(C(=O)NCC3CC3)c(C)c12. The van der Waals surface area contributed by atoms with E-state index in [9.17, 15) is 4.79 Å². The number of aryl methyl sites for hydroxylation is 2. The van der Waals surface area contributed by atoms with E-state index >= 15 is 0 Å². The van der Waals surface area contributed by atoms with Crippen LogP contribution < -0.4 is 5.32 Å². The van der Waals surface area contributed by atoms with Gasteiger partial charge in [0, 0.05) is 17.8 Å². The molecule has 2 aliphatic carbocycles. The summed E-state index contributed by atoms with van der Waals surface area (Å²) in [7, 11) is 0. The van der Waals surface area contributed by atoms with Crippen LogP contribution in [0.2, 0.25) is 0 Å². The second kappa shape index (κ2) is 4.77. The van der Waals surface area contributed by atoms with E-state index in [-0.39, 0.29) is 5.91 Å². The number of nitrogens with zero attached hydrogens (tertiary/aromatic N) is 2.